The average molecular weight is 453 g/mol. The van der Waals surface area contributed by atoms with E-state index in [4.69, 9.17) is 9.47 Å². The fourth-order valence-electron chi connectivity index (χ4n) is 5.65. The maximum atomic E-state index is 11.6. The first-order chi connectivity index (χ1) is 16.1. The summed E-state index contributed by atoms with van der Waals surface area (Å²) in [5.74, 6) is 2.03. The molecule has 4 rings (SSSR count). The second-order valence-corrected chi connectivity index (χ2v) is 9.71. The summed E-state index contributed by atoms with van der Waals surface area (Å²) in [6, 6.07) is 16.7. The smallest absolute Gasteiger partial charge is 0.123 e. The van der Waals surface area contributed by atoms with Gasteiger partial charge in [-0.25, -0.2) is 0 Å². The molecule has 1 heterocycles. The summed E-state index contributed by atoms with van der Waals surface area (Å²) in [6.45, 7) is 6.24. The van der Waals surface area contributed by atoms with Gasteiger partial charge in [0.05, 0.1) is 19.8 Å². The molecule has 0 bridgehead atoms. The first-order valence-corrected chi connectivity index (χ1v) is 12.5. The maximum Gasteiger partial charge on any atom is 0.123 e. The van der Waals surface area contributed by atoms with Gasteiger partial charge in [0.15, 0.2) is 0 Å². The van der Waals surface area contributed by atoms with Crippen LogP contribution in [0, 0.1) is 0 Å². The highest BCUT2D eigenvalue weighted by Crippen LogP contribution is 2.42. The largest absolute Gasteiger partial charge is 0.497 e. The number of rotatable bonds is 9. The Balaban J connectivity index is 1.35. The Kier molecular flexibility index (Phi) is 8.29. The normalized spacial score (nSPS) is 20.3. The number of methoxy groups -OCH3 is 2. The average Bonchev–Trinajstić information content (AvgIpc) is 2.86. The van der Waals surface area contributed by atoms with Gasteiger partial charge in [-0.1, -0.05) is 49.6 Å². The highest BCUT2D eigenvalue weighted by atomic mass is 16.5. The molecule has 2 aliphatic rings. The van der Waals surface area contributed by atoms with Gasteiger partial charge in [-0.2, -0.15) is 0 Å². The Hall–Kier alpha value is -2.08. The van der Waals surface area contributed by atoms with Crippen molar-refractivity contribution in [3.05, 3.63) is 59.7 Å². The van der Waals surface area contributed by atoms with E-state index in [1.54, 1.807) is 14.2 Å². The molecular weight excluding hydrogens is 412 g/mol. The minimum absolute atomic E-state index is 0.176. The van der Waals surface area contributed by atoms with Crippen molar-refractivity contribution < 1.29 is 14.6 Å². The number of nitrogens with zero attached hydrogens (tertiary/aromatic N) is 2. The van der Waals surface area contributed by atoms with Gasteiger partial charge in [0.25, 0.3) is 0 Å². The van der Waals surface area contributed by atoms with Crippen LogP contribution in [0.3, 0.4) is 0 Å². The van der Waals surface area contributed by atoms with E-state index in [1.165, 1.54) is 17.5 Å². The van der Waals surface area contributed by atoms with Crippen molar-refractivity contribution in [3.8, 4) is 11.5 Å². The second-order valence-electron chi connectivity index (χ2n) is 9.71. The van der Waals surface area contributed by atoms with Gasteiger partial charge >= 0.3 is 0 Å². The molecule has 2 aromatic rings. The van der Waals surface area contributed by atoms with Gasteiger partial charge < -0.3 is 19.5 Å². The highest BCUT2D eigenvalue weighted by molar-refractivity contribution is 5.33. The van der Waals surface area contributed by atoms with Crippen LogP contribution in [0.5, 0.6) is 11.5 Å². The molecule has 5 nitrogen and oxygen atoms in total. The van der Waals surface area contributed by atoms with E-state index >= 15 is 0 Å². The Labute approximate surface area is 199 Å². The molecule has 1 unspecified atom stereocenters. The van der Waals surface area contributed by atoms with Gasteiger partial charge in [0, 0.05) is 44.2 Å². The molecular formula is C28H40N2O3. The molecule has 2 aromatic carbocycles. The van der Waals surface area contributed by atoms with Crippen molar-refractivity contribution >= 4 is 0 Å². The van der Waals surface area contributed by atoms with Crippen LogP contribution in [0.2, 0.25) is 0 Å². The summed E-state index contributed by atoms with van der Waals surface area (Å²) in [4.78, 5) is 5.09. The molecule has 0 spiro atoms. The number of hydrogen-bond acceptors (Lipinski definition) is 5. The van der Waals surface area contributed by atoms with E-state index < -0.39 is 5.60 Å². The fourth-order valence-corrected chi connectivity index (χ4v) is 5.65. The number of ether oxygens (including phenoxy) is 2. The van der Waals surface area contributed by atoms with Crippen LogP contribution < -0.4 is 9.47 Å². The minimum atomic E-state index is -0.585. The molecule has 1 saturated carbocycles. The predicted molar refractivity (Wildman–Crippen MR) is 133 cm³/mol. The van der Waals surface area contributed by atoms with Crippen LogP contribution in [0.25, 0.3) is 0 Å². The van der Waals surface area contributed by atoms with Crippen LogP contribution in [-0.2, 0) is 6.54 Å². The third-order valence-electron chi connectivity index (χ3n) is 7.67. The van der Waals surface area contributed by atoms with Crippen LogP contribution in [-0.4, -0.2) is 67.5 Å². The first-order valence-electron chi connectivity index (χ1n) is 12.5. The summed E-state index contributed by atoms with van der Waals surface area (Å²) in [6.07, 6.45) is 6.32. The molecule has 0 radical (unpaired) electrons. The molecule has 1 saturated heterocycles. The van der Waals surface area contributed by atoms with E-state index in [9.17, 15) is 5.11 Å². The summed E-state index contributed by atoms with van der Waals surface area (Å²) in [5, 5.41) is 11.6. The Morgan fingerprint density at radius 1 is 0.848 bits per heavy atom. The molecule has 33 heavy (non-hydrogen) atoms. The number of piperazine rings is 1. The maximum absolute atomic E-state index is 11.6. The molecule has 0 aromatic heterocycles. The summed E-state index contributed by atoms with van der Waals surface area (Å²) in [7, 11) is 3.45. The SMILES string of the molecule is COc1ccc(C(CCN2CCN(Cc3ccccc3OC)CC2)C2(O)CCCCC2)cc1. The topological polar surface area (TPSA) is 45.2 Å². The zero-order chi connectivity index (χ0) is 23.1. The van der Waals surface area contributed by atoms with Crippen molar-refractivity contribution in [1.29, 1.82) is 0 Å². The van der Waals surface area contributed by atoms with Crippen molar-refractivity contribution in [1.82, 2.24) is 9.80 Å². The zero-order valence-electron chi connectivity index (χ0n) is 20.3. The summed E-state index contributed by atoms with van der Waals surface area (Å²) in [5.41, 5.74) is 1.92. The number of aliphatic hydroxyl groups is 1. The summed E-state index contributed by atoms with van der Waals surface area (Å²) >= 11 is 0. The Bertz CT molecular complexity index is 856. The fraction of sp³-hybridized carbons (Fsp3) is 0.571. The highest BCUT2D eigenvalue weighted by Gasteiger charge is 2.38. The number of hydrogen-bond donors (Lipinski definition) is 1. The van der Waals surface area contributed by atoms with Crippen LogP contribution in [0.4, 0.5) is 0 Å². The van der Waals surface area contributed by atoms with Gasteiger partial charge in [-0.15, -0.1) is 0 Å². The number of benzene rings is 2. The molecule has 180 valence electrons. The standard InChI is InChI=1S/C28H40N2O3/c1-32-25-12-10-23(11-13-25)26(28(31)15-6-3-7-16-28)14-17-29-18-20-30(21-19-29)22-24-8-4-5-9-27(24)33-2/h4-5,8-13,26,31H,3,6-7,14-22H2,1-2H3. The van der Waals surface area contributed by atoms with E-state index in [0.717, 1.165) is 82.9 Å². The van der Waals surface area contributed by atoms with Crippen molar-refractivity contribution in [3.63, 3.8) is 0 Å². The van der Waals surface area contributed by atoms with Gasteiger partial charge in [0.1, 0.15) is 11.5 Å². The number of para-hydroxylation sites is 1. The van der Waals surface area contributed by atoms with Crippen molar-refractivity contribution in [2.75, 3.05) is 46.9 Å². The molecule has 0 amide bonds. The molecule has 1 atom stereocenters. The quantitative estimate of drug-likeness (QED) is 0.598. The predicted octanol–water partition coefficient (Wildman–Crippen LogP) is 4.69. The molecule has 5 heteroatoms. The lowest BCUT2D eigenvalue weighted by atomic mass is 9.71. The molecule has 2 fully saturated rings. The van der Waals surface area contributed by atoms with E-state index in [1.807, 2.05) is 24.3 Å². The first kappa shape index (κ1) is 24.1. The lowest BCUT2D eigenvalue weighted by Gasteiger charge is -2.41. The Morgan fingerprint density at radius 2 is 1.52 bits per heavy atom. The summed E-state index contributed by atoms with van der Waals surface area (Å²) < 4.78 is 10.9. The van der Waals surface area contributed by atoms with E-state index in [-0.39, 0.29) is 5.92 Å². The van der Waals surface area contributed by atoms with Crippen LogP contribution in [0.1, 0.15) is 55.6 Å². The second kappa shape index (κ2) is 11.4. The van der Waals surface area contributed by atoms with Gasteiger partial charge in [-0.3, -0.25) is 4.90 Å². The lowest BCUT2D eigenvalue weighted by Crippen LogP contribution is -2.47. The molecule has 1 aliphatic heterocycles. The third-order valence-corrected chi connectivity index (χ3v) is 7.67. The van der Waals surface area contributed by atoms with Crippen LogP contribution in [0.15, 0.2) is 48.5 Å². The third kappa shape index (κ3) is 6.08. The van der Waals surface area contributed by atoms with Gasteiger partial charge in [0.2, 0.25) is 0 Å². The molecule has 1 N–H and O–H groups in total. The van der Waals surface area contributed by atoms with E-state index in [0.29, 0.717) is 0 Å². The lowest BCUT2D eigenvalue weighted by molar-refractivity contribution is -0.0273. The monoisotopic (exact) mass is 452 g/mol. The zero-order valence-corrected chi connectivity index (χ0v) is 20.3. The molecule has 1 aliphatic carbocycles. The Morgan fingerprint density at radius 3 is 2.18 bits per heavy atom. The minimum Gasteiger partial charge on any atom is -0.497 e. The van der Waals surface area contributed by atoms with Crippen molar-refractivity contribution in [2.24, 2.45) is 0 Å². The van der Waals surface area contributed by atoms with E-state index in [2.05, 4.69) is 34.1 Å². The van der Waals surface area contributed by atoms with Crippen LogP contribution >= 0.6 is 0 Å². The van der Waals surface area contributed by atoms with Crippen molar-refractivity contribution in [2.45, 2.75) is 56.6 Å². The van der Waals surface area contributed by atoms with Gasteiger partial charge in [-0.05, 0) is 49.6 Å².